The summed E-state index contributed by atoms with van der Waals surface area (Å²) in [5, 5.41) is 8.84. The van der Waals surface area contributed by atoms with E-state index in [-0.39, 0.29) is 28.5 Å². The molecular formula is C30H32Cl2N6O2S. The fourth-order valence-corrected chi connectivity index (χ4v) is 6.82. The Balaban J connectivity index is 1.25. The zero-order chi connectivity index (χ0) is 28.8. The number of nitrogens with two attached hydrogens (primary N) is 1. The average Bonchev–Trinajstić information content (AvgIpc) is 2.98. The molecule has 2 N–H and O–H groups in total. The number of piperazine rings is 1. The molecule has 0 unspecified atom stereocenters. The van der Waals surface area contributed by atoms with Gasteiger partial charge in [0.2, 0.25) is 0 Å². The van der Waals surface area contributed by atoms with Gasteiger partial charge in [-0.1, -0.05) is 65.7 Å². The lowest BCUT2D eigenvalue weighted by molar-refractivity contribution is 0.109. The van der Waals surface area contributed by atoms with Gasteiger partial charge in [0.15, 0.2) is 11.0 Å². The van der Waals surface area contributed by atoms with Gasteiger partial charge in [-0.25, -0.2) is 12.7 Å². The predicted octanol–water partition coefficient (Wildman–Crippen LogP) is 5.36. The molecule has 0 aliphatic carbocycles. The van der Waals surface area contributed by atoms with Crippen LogP contribution < -0.4 is 10.0 Å². The van der Waals surface area contributed by atoms with Gasteiger partial charge >= 0.3 is 0 Å². The normalized spacial score (nSPS) is 15.5. The highest BCUT2D eigenvalue weighted by molar-refractivity contribution is 7.92. The van der Waals surface area contributed by atoms with Crippen LogP contribution in [0.5, 0.6) is 0 Å². The van der Waals surface area contributed by atoms with E-state index >= 15 is 0 Å². The molecule has 1 aromatic heterocycles. The molecule has 1 fully saturated rings. The van der Waals surface area contributed by atoms with Crippen LogP contribution in [0.1, 0.15) is 23.6 Å². The molecule has 0 spiro atoms. The number of rotatable bonds is 10. The molecule has 11 heteroatoms. The smallest absolute Gasteiger partial charge is 0.265 e. The topological polar surface area (TPSA) is 95.7 Å². The van der Waals surface area contributed by atoms with Gasteiger partial charge in [-0.2, -0.15) is 0 Å². The average molecular weight is 612 g/mol. The highest BCUT2D eigenvalue weighted by Crippen LogP contribution is 2.30. The predicted molar refractivity (Wildman–Crippen MR) is 165 cm³/mol. The molecule has 0 bridgehead atoms. The first-order valence-electron chi connectivity index (χ1n) is 13.5. The number of benzene rings is 3. The van der Waals surface area contributed by atoms with Crippen molar-refractivity contribution >= 4 is 44.7 Å². The minimum Gasteiger partial charge on any atom is -0.399 e. The maximum atomic E-state index is 13.6. The third-order valence-electron chi connectivity index (χ3n) is 7.25. The first-order chi connectivity index (χ1) is 19.8. The van der Waals surface area contributed by atoms with Crippen LogP contribution in [-0.2, 0) is 10.0 Å². The molecule has 0 saturated carbocycles. The lowest BCUT2D eigenvalue weighted by atomic mass is 9.96. The van der Waals surface area contributed by atoms with E-state index in [9.17, 15) is 8.42 Å². The number of anilines is 2. The number of halogens is 2. The van der Waals surface area contributed by atoms with Crippen LogP contribution in [0.4, 0.5) is 11.5 Å². The Morgan fingerprint density at radius 1 is 0.805 bits per heavy atom. The molecule has 1 saturated heterocycles. The van der Waals surface area contributed by atoms with Gasteiger partial charge in [-0.3, -0.25) is 4.90 Å². The van der Waals surface area contributed by atoms with Crippen molar-refractivity contribution in [3.05, 3.63) is 112 Å². The van der Waals surface area contributed by atoms with Crippen molar-refractivity contribution in [2.24, 2.45) is 0 Å². The lowest BCUT2D eigenvalue weighted by Crippen LogP contribution is -2.48. The molecular weight excluding hydrogens is 579 g/mol. The molecule has 0 radical (unpaired) electrons. The first-order valence-corrected chi connectivity index (χ1v) is 15.7. The molecule has 8 nitrogen and oxygen atoms in total. The van der Waals surface area contributed by atoms with Gasteiger partial charge in [0, 0.05) is 43.4 Å². The molecule has 1 aliphatic heterocycles. The summed E-state index contributed by atoms with van der Waals surface area (Å²) in [6.07, 6.45) is 0.623. The van der Waals surface area contributed by atoms with E-state index in [0.717, 1.165) is 37.7 Å². The number of nitrogens with zero attached hydrogens (tertiary/aromatic N) is 5. The SMILES string of the molecule is Nc1ccc(S(=O)(=O)N(CCCN2CCN([C@@H](c3ccccc3)c3ccc(Cl)cc3)CC2)c2ccc(Cl)nn2)cc1. The maximum absolute atomic E-state index is 13.6. The van der Waals surface area contributed by atoms with E-state index in [0.29, 0.717) is 12.1 Å². The molecule has 1 aliphatic rings. The zero-order valence-electron chi connectivity index (χ0n) is 22.5. The summed E-state index contributed by atoms with van der Waals surface area (Å²) in [6.45, 7) is 4.53. The van der Waals surface area contributed by atoms with E-state index in [2.05, 4.69) is 56.4 Å². The second-order valence-corrected chi connectivity index (χ2v) is 12.6. The Morgan fingerprint density at radius 3 is 2.10 bits per heavy atom. The van der Waals surface area contributed by atoms with Crippen molar-refractivity contribution in [1.29, 1.82) is 0 Å². The Morgan fingerprint density at radius 2 is 1.46 bits per heavy atom. The van der Waals surface area contributed by atoms with Crippen molar-refractivity contribution in [1.82, 2.24) is 20.0 Å². The van der Waals surface area contributed by atoms with Gasteiger partial charge in [0.25, 0.3) is 10.0 Å². The van der Waals surface area contributed by atoms with Crippen molar-refractivity contribution in [2.45, 2.75) is 17.4 Å². The van der Waals surface area contributed by atoms with Crippen LogP contribution >= 0.6 is 23.2 Å². The van der Waals surface area contributed by atoms with Crippen LogP contribution in [0.3, 0.4) is 0 Å². The van der Waals surface area contributed by atoms with E-state index in [1.807, 2.05) is 18.2 Å². The Labute approximate surface area is 251 Å². The Kier molecular flexibility index (Phi) is 9.42. The minimum absolute atomic E-state index is 0.139. The summed E-state index contributed by atoms with van der Waals surface area (Å²) in [5.74, 6) is 0.227. The van der Waals surface area contributed by atoms with Crippen molar-refractivity contribution in [3.8, 4) is 0 Å². The Bertz CT molecular complexity index is 1510. The minimum atomic E-state index is -3.88. The van der Waals surface area contributed by atoms with Crippen LogP contribution in [0.15, 0.2) is 95.9 Å². The van der Waals surface area contributed by atoms with Crippen LogP contribution in [-0.4, -0.2) is 67.7 Å². The molecule has 1 atom stereocenters. The summed E-state index contributed by atoms with van der Waals surface area (Å²) in [5.41, 5.74) is 8.73. The number of nitrogen functional groups attached to an aromatic ring is 1. The second kappa shape index (κ2) is 13.2. The highest BCUT2D eigenvalue weighted by atomic mass is 35.5. The summed E-state index contributed by atoms with van der Waals surface area (Å²) >= 11 is 12.1. The van der Waals surface area contributed by atoms with Crippen LogP contribution in [0.2, 0.25) is 10.2 Å². The summed E-state index contributed by atoms with van der Waals surface area (Å²) < 4.78 is 28.4. The Hall–Kier alpha value is -3.21. The summed E-state index contributed by atoms with van der Waals surface area (Å²) in [7, 11) is -3.88. The fraction of sp³-hybridized carbons (Fsp3) is 0.267. The highest BCUT2D eigenvalue weighted by Gasteiger charge is 2.28. The third kappa shape index (κ3) is 7.17. The van der Waals surface area contributed by atoms with Gasteiger partial charge in [0.05, 0.1) is 10.9 Å². The molecule has 214 valence electrons. The first kappa shape index (κ1) is 29.3. The third-order valence-corrected chi connectivity index (χ3v) is 9.52. The summed E-state index contributed by atoms with van der Waals surface area (Å²) in [6, 6.07) is 28.0. The van der Waals surface area contributed by atoms with Crippen LogP contribution in [0.25, 0.3) is 0 Å². The molecule has 41 heavy (non-hydrogen) atoms. The van der Waals surface area contributed by atoms with E-state index in [1.54, 1.807) is 24.3 Å². The van der Waals surface area contributed by atoms with E-state index in [4.69, 9.17) is 28.9 Å². The van der Waals surface area contributed by atoms with Crippen molar-refractivity contribution in [3.63, 3.8) is 0 Å². The van der Waals surface area contributed by atoms with E-state index in [1.165, 1.54) is 27.6 Å². The molecule has 0 amide bonds. The molecule has 3 aromatic carbocycles. The number of aromatic nitrogens is 2. The second-order valence-electron chi connectivity index (χ2n) is 9.96. The van der Waals surface area contributed by atoms with Crippen LogP contribution in [0, 0.1) is 0 Å². The quantitative estimate of drug-likeness (QED) is 0.241. The van der Waals surface area contributed by atoms with Crippen molar-refractivity contribution < 1.29 is 8.42 Å². The van der Waals surface area contributed by atoms with Crippen molar-refractivity contribution in [2.75, 3.05) is 49.3 Å². The molecule has 4 aromatic rings. The van der Waals surface area contributed by atoms with Gasteiger partial charge in [0.1, 0.15) is 0 Å². The number of sulfonamides is 1. The van der Waals surface area contributed by atoms with E-state index < -0.39 is 10.0 Å². The maximum Gasteiger partial charge on any atom is 0.265 e. The van der Waals surface area contributed by atoms with Gasteiger partial charge in [-0.05, 0) is 72.6 Å². The molecule has 2 heterocycles. The molecule has 5 rings (SSSR count). The lowest BCUT2D eigenvalue weighted by Gasteiger charge is -2.40. The standard InChI is InChI=1S/C30H32Cl2N6O2S/c31-25-9-7-24(8-10-25)30(23-5-2-1-3-6-23)37-21-19-36(20-22-37)17-4-18-38(29-16-15-28(32)34-35-29)41(39,40)27-13-11-26(33)12-14-27/h1-3,5-16,30H,4,17-22,33H2/t30-/m0/s1. The largest absolute Gasteiger partial charge is 0.399 e. The fourth-order valence-electron chi connectivity index (χ4n) is 5.14. The van der Waals surface area contributed by atoms with Gasteiger partial charge < -0.3 is 10.6 Å². The zero-order valence-corrected chi connectivity index (χ0v) is 24.8. The van der Waals surface area contributed by atoms with Gasteiger partial charge in [-0.15, -0.1) is 10.2 Å². The monoisotopic (exact) mass is 610 g/mol. The summed E-state index contributed by atoms with van der Waals surface area (Å²) in [4.78, 5) is 5.02. The number of hydrogen-bond acceptors (Lipinski definition) is 7. The number of hydrogen-bond donors (Lipinski definition) is 1.